The van der Waals surface area contributed by atoms with E-state index in [2.05, 4.69) is 6.92 Å². The minimum absolute atomic E-state index is 0.0119. The number of nitrogens with zero attached hydrogens (tertiary/aromatic N) is 1. The van der Waals surface area contributed by atoms with E-state index in [9.17, 15) is 14.7 Å². The Balaban J connectivity index is 1.63. The zero-order valence-corrected chi connectivity index (χ0v) is 21.5. The van der Waals surface area contributed by atoms with Crippen LogP contribution in [0, 0.1) is 0 Å². The van der Waals surface area contributed by atoms with E-state index in [1.165, 1.54) is 4.90 Å². The standard InChI is InChI=1S/C31H31NO5/c1-5-20-6-8-21(9-7-20)28-27(29(33)22-10-15-26-23(17-22)16-19(4)37-26)30(34)31(35)32(28)24-11-13-25(14-12-24)36-18(2)3/h6-15,17-19,28,33H,5,16H2,1-4H3/b29-27-. The molecule has 6 heteroatoms. The number of rotatable bonds is 6. The van der Waals surface area contributed by atoms with Crippen molar-refractivity contribution in [1.82, 2.24) is 0 Å². The Morgan fingerprint density at radius 2 is 1.76 bits per heavy atom. The lowest BCUT2D eigenvalue weighted by atomic mass is 9.93. The van der Waals surface area contributed by atoms with Gasteiger partial charge in [0.1, 0.15) is 23.4 Å². The van der Waals surface area contributed by atoms with Crippen LogP contribution in [0.5, 0.6) is 11.5 Å². The summed E-state index contributed by atoms with van der Waals surface area (Å²) in [5.74, 6) is -0.127. The summed E-state index contributed by atoms with van der Waals surface area (Å²) >= 11 is 0. The molecule has 37 heavy (non-hydrogen) atoms. The van der Waals surface area contributed by atoms with E-state index in [1.54, 1.807) is 30.3 Å². The average molecular weight is 498 g/mol. The van der Waals surface area contributed by atoms with Crippen molar-refractivity contribution in [3.8, 4) is 11.5 Å². The second-order valence-corrected chi connectivity index (χ2v) is 9.88. The summed E-state index contributed by atoms with van der Waals surface area (Å²) in [6.45, 7) is 7.94. The number of aryl methyl sites for hydroxylation is 1. The highest BCUT2D eigenvalue weighted by Crippen LogP contribution is 2.43. The second kappa shape index (κ2) is 9.77. The van der Waals surface area contributed by atoms with Gasteiger partial charge in [-0.2, -0.15) is 0 Å². The summed E-state index contributed by atoms with van der Waals surface area (Å²) in [5.41, 5.74) is 3.98. The molecule has 3 aromatic rings. The predicted molar refractivity (Wildman–Crippen MR) is 143 cm³/mol. The molecule has 5 rings (SSSR count). The SMILES string of the molecule is CCc1ccc(C2/C(=C(/O)c3ccc4c(c3)CC(C)O4)C(=O)C(=O)N2c2ccc(OC(C)C)cc2)cc1. The highest BCUT2D eigenvalue weighted by atomic mass is 16.5. The van der Waals surface area contributed by atoms with Crippen LogP contribution in [0.3, 0.4) is 0 Å². The van der Waals surface area contributed by atoms with E-state index >= 15 is 0 Å². The molecular formula is C31H31NO5. The van der Waals surface area contributed by atoms with Gasteiger partial charge < -0.3 is 14.6 Å². The summed E-state index contributed by atoms with van der Waals surface area (Å²) in [4.78, 5) is 28.3. The number of fused-ring (bicyclic) bond motifs is 1. The number of carbonyl (C=O) groups is 2. The number of aliphatic hydroxyl groups excluding tert-OH is 1. The number of aliphatic hydroxyl groups is 1. The summed E-state index contributed by atoms with van der Waals surface area (Å²) < 4.78 is 11.5. The third-order valence-electron chi connectivity index (χ3n) is 6.80. The van der Waals surface area contributed by atoms with Crippen LogP contribution in [-0.2, 0) is 22.4 Å². The molecule has 1 saturated heterocycles. The van der Waals surface area contributed by atoms with Crippen molar-refractivity contribution < 1.29 is 24.2 Å². The average Bonchev–Trinajstić information content (AvgIpc) is 3.39. The highest BCUT2D eigenvalue weighted by Gasteiger charge is 2.47. The number of carbonyl (C=O) groups excluding carboxylic acids is 2. The van der Waals surface area contributed by atoms with Crippen LogP contribution < -0.4 is 14.4 Å². The Morgan fingerprint density at radius 3 is 2.41 bits per heavy atom. The van der Waals surface area contributed by atoms with Gasteiger partial charge in [-0.3, -0.25) is 14.5 Å². The molecule has 3 aromatic carbocycles. The highest BCUT2D eigenvalue weighted by molar-refractivity contribution is 6.51. The predicted octanol–water partition coefficient (Wildman–Crippen LogP) is 5.99. The van der Waals surface area contributed by atoms with E-state index in [0.717, 1.165) is 35.3 Å². The molecule has 1 N–H and O–H groups in total. The fraction of sp³-hybridized carbons (Fsp3) is 0.290. The molecule has 0 bridgehead atoms. The third-order valence-corrected chi connectivity index (χ3v) is 6.80. The van der Waals surface area contributed by atoms with Crippen LogP contribution in [-0.4, -0.2) is 29.0 Å². The molecule has 2 atom stereocenters. The zero-order valence-electron chi connectivity index (χ0n) is 21.5. The van der Waals surface area contributed by atoms with E-state index in [0.29, 0.717) is 17.0 Å². The van der Waals surface area contributed by atoms with Gasteiger partial charge in [-0.05, 0) is 86.3 Å². The number of Topliss-reactive ketones (excluding diaryl/α,β-unsaturated/α-hetero) is 1. The summed E-state index contributed by atoms with van der Waals surface area (Å²) in [6.07, 6.45) is 1.65. The molecule has 1 fully saturated rings. The fourth-order valence-corrected chi connectivity index (χ4v) is 5.03. The van der Waals surface area contributed by atoms with Gasteiger partial charge >= 0.3 is 0 Å². The lowest BCUT2D eigenvalue weighted by Crippen LogP contribution is -2.29. The van der Waals surface area contributed by atoms with Gasteiger partial charge in [0.2, 0.25) is 0 Å². The van der Waals surface area contributed by atoms with Crippen LogP contribution in [0.4, 0.5) is 5.69 Å². The number of ether oxygens (including phenoxy) is 2. The maximum Gasteiger partial charge on any atom is 0.300 e. The lowest BCUT2D eigenvalue weighted by Gasteiger charge is -2.26. The second-order valence-electron chi connectivity index (χ2n) is 9.88. The van der Waals surface area contributed by atoms with Gasteiger partial charge in [0.15, 0.2) is 0 Å². The van der Waals surface area contributed by atoms with E-state index in [-0.39, 0.29) is 23.5 Å². The molecule has 2 unspecified atom stereocenters. The third kappa shape index (κ3) is 4.59. The van der Waals surface area contributed by atoms with Crippen LogP contribution in [0.2, 0.25) is 0 Å². The van der Waals surface area contributed by atoms with E-state index < -0.39 is 17.7 Å². The molecule has 0 radical (unpaired) electrons. The largest absolute Gasteiger partial charge is 0.507 e. The number of hydrogen-bond acceptors (Lipinski definition) is 5. The van der Waals surface area contributed by atoms with Crippen molar-refractivity contribution in [1.29, 1.82) is 0 Å². The van der Waals surface area contributed by atoms with Crippen molar-refractivity contribution in [2.45, 2.75) is 58.8 Å². The number of benzene rings is 3. The van der Waals surface area contributed by atoms with Crippen molar-refractivity contribution in [3.05, 3.63) is 94.6 Å². The number of ketones is 1. The Kier molecular flexibility index (Phi) is 6.50. The normalized spacial score (nSPS) is 20.3. The van der Waals surface area contributed by atoms with Gasteiger partial charge in [0, 0.05) is 17.7 Å². The van der Waals surface area contributed by atoms with Crippen molar-refractivity contribution in [3.63, 3.8) is 0 Å². The minimum atomic E-state index is -0.772. The molecular weight excluding hydrogens is 466 g/mol. The summed E-state index contributed by atoms with van der Waals surface area (Å²) in [7, 11) is 0. The lowest BCUT2D eigenvalue weighted by molar-refractivity contribution is -0.132. The first-order valence-electron chi connectivity index (χ1n) is 12.7. The first-order valence-corrected chi connectivity index (χ1v) is 12.7. The van der Waals surface area contributed by atoms with Gasteiger partial charge in [-0.15, -0.1) is 0 Å². The molecule has 0 aliphatic carbocycles. The van der Waals surface area contributed by atoms with Gasteiger partial charge in [0.05, 0.1) is 17.7 Å². The minimum Gasteiger partial charge on any atom is -0.507 e. The maximum absolute atomic E-state index is 13.5. The molecule has 2 heterocycles. The first-order chi connectivity index (χ1) is 17.8. The van der Waals surface area contributed by atoms with Crippen molar-refractivity contribution >= 4 is 23.1 Å². The zero-order chi connectivity index (χ0) is 26.3. The van der Waals surface area contributed by atoms with Crippen LogP contribution in [0.1, 0.15) is 56.0 Å². The van der Waals surface area contributed by atoms with Crippen molar-refractivity contribution in [2.24, 2.45) is 0 Å². The Labute approximate surface area is 217 Å². The molecule has 0 saturated carbocycles. The first kappa shape index (κ1) is 24.6. The molecule has 0 spiro atoms. The van der Waals surface area contributed by atoms with E-state index in [4.69, 9.17) is 9.47 Å². The molecule has 2 aliphatic rings. The molecule has 6 nitrogen and oxygen atoms in total. The van der Waals surface area contributed by atoms with Crippen LogP contribution >= 0.6 is 0 Å². The molecule has 0 aromatic heterocycles. The molecule has 2 aliphatic heterocycles. The number of anilines is 1. The van der Waals surface area contributed by atoms with Gasteiger partial charge in [0.25, 0.3) is 11.7 Å². The van der Waals surface area contributed by atoms with Gasteiger partial charge in [-0.1, -0.05) is 31.2 Å². The molecule has 190 valence electrons. The number of hydrogen-bond donors (Lipinski definition) is 1. The fourth-order valence-electron chi connectivity index (χ4n) is 5.03. The number of amides is 1. The molecule has 1 amide bonds. The Morgan fingerprint density at radius 1 is 1.05 bits per heavy atom. The monoisotopic (exact) mass is 497 g/mol. The quantitative estimate of drug-likeness (QED) is 0.257. The topological polar surface area (TPSA) is 76.1 Å². The smallest absolute Gasteiger partial charge is 0.300 e. The Bertz CT molecular complexity index is 1370. The van der Waals surface area contributed by atoms with Crippen LogP contribution in [0.25, 0.3) is 5.76 Å². The summed E-state index contributed by atoms with van der Waals surface area (Å²) in [6, 6.07) is 19.5. The van der Waals surface area contributed by atoms with Crippen LogP contribution in [0.15, 0.2) is 72.3 Å². The summed E-state index contributed by atoms with van der Waals surface area (Å²) in [5, 5.41) is 11.5. The van der Waals surface area contributed by atoms with Crippen molar-refractivity contribution in [2.75, 3.05) is 4.90 Å². The Hall–Kier alpha value is -4.06. The van der Waals surface area contributed by atoms with Gasteiger partial charge in [-0.25, -0.2) is 0 Å². The van der Waals surface area contributed by atoms with E-state index in [1.807, 2.05) is 57.2 Å². The maximum atomic E-state index is 13.5.